The van der Waals surface area contributed by atoms with Crippen molar-refractivity contribution in [2.75, 3.05) is 33.4 Å². The van der Waals surface area contributed by atoms with Crippen LogP contribution in [0.15, 0.2) is 0 Å². The van der Waals surface area contributed by atoms with Crippen LogP contribution in [0.1, 0.15) is 6.42 Å². The topological polar surface area (TPSA) is 62.6 Å². The Labute approximate surface area is 83.2 Å². The molecule has 78 valence electrons. The van der Waals surface area contributed by atoms with Gasteiger partial charge in [-0.15, -0.1) is 0 Å². The van der Waals surface area contributed by atoms with Crippen molar-refractivity contribution in [2.24, 2.45) is 0 Å². The Kier molecular flexibility index (Phi) is 4.36. The molecular formula is C9H14N2O3. The zero-order valence-electron chi connectivity index (χ0n) is 8.23. The molecule has 5 nitrogen and oxygen atoms in total. The summed E-state index contributed by atoms with van der Waals surface area (Å²) in [5, 5.41) is 8.45. The number of methoxy groups -OCH3 is 1. The van der Waals surface area contributed by atoms with E-state index in [9.17, 15) is 4.79 Å². The van der Waals surface area contributed by atoms with Crippen molar-refractivity contribution >= 4 is 5.97 Å². The number of nitrogens with zero attached hydrogens (tertiary/aromatic N) is 2. The number of hydrogen-bond acceptors (Lipinski definition) is 5. The van der Waals surface area contributed by atoms with Crippen LogP contribution in [0.2, 0.25) is 0 Å². The minimum absolute atomic E-state index is 0.289. The monoisotopic (exact) mass is 198 g/mol. The van der Waals surface area contributed by atoms with E-state index in [1.807, 2.05) is 4.90 Å². The van der Waals surface area contributed by atoms with E-state index in [1.54, 1.807) is 0 Å². The van der Waals surface area contributed by atoms with Crippen LogP contribution >= 0.6 is 0 Å². The van der Waals surface area contributed by atoms with Crippen LogP contribution in [0.4, 0.5) is 0 Å². The SMILES string of the molecule is COC(=O)[C@H]1COCCN1CCC#N. The Morgan fingerprint density at radius 3 is 3.21 bits per heavy atom. The first-order chi connectivity index (χ1) is 6.79. The number of hydrogen-bond donors (Lipinski definition) is 0. The largest absolute Gasteiger partial charge is 0.468 e. The third-order valence-electron chi connectivity index (χ3n) is 2.22. The van der Waals surface area contributed by atoms with Crippen LogP contribution in [0, 0.1) is 11.3 Å². The van der Waals surface area contributed by atoms with E-state index in [4.69, 9.17) is 10.00 Å². The predicted molar refractivity (Wildman–Crippen MR) is 48.4 cm³/mol. The number of morpholine rings is 1. The summed E-state index contributed by atoms with van der Waals surface area (Å²) >= 11 is 0. The van der Waals surface area contributed by atoms with Crippen LogP contribution in [0.3, 0.4) is 0 Å². The summed E-state index contributed by atoms with van der Waals surface area (Å²) in [6.45, 7) is 2.25. The number of esters is 1. The molecule has 14 heavy (non-hydrogen) atoms. The fraction of sp³-hybridized carbons (Fsp3) is 0.778. The Hall–Kier alpha value is -1.12. The molecule has 0 aliphatic carbocycles. The van der Waals surface area contributed by atoms with Crippen molar-refractivity contribution in [2.45, 2.75) is 12.5 Å². The first kappa shape index (κ1) is 11.0. The molecule has 0 saturated carbocycles. The van der Waals surface area contributed by atoms with E-state index in [0.717, 1.165) is 0 Å². The predicted octanol–water partition coefficient (Wildman–Crippen LogP) is -0.226. The number of rotatable bonds is 3. The van der Waals surface area contributed by atoms with Gasteiger partial charge in [0.25, 0.3) is 0 Å². The minimum Gasteiger partial charge on any atom is -0.468 e. The lowest BCUT2D eigenvalue weighted by Gasteiger charge is -2.32. The lowest BCUT2D eigenvalue weighted by atomic mass is 10.2. The smallest absolute Gasteiger partial charge is 0.325 e. The highest BCUT2D eigenvalue weighted by Crippen LogP contribution is 2.08. The van der Waals surface area contributed by atoms with Gasteiger partial charge >= 0.3 is 5.97 Å². The second-order valence-electron chi connectivity index (χ2n) is 3.06. The number of carbonyl (C=O) groups excluding carboxylic acids is 1. The molecular weight excluding hydrogens is 184 g/mol. The summed E-state index contributed by atoms with van der Waals surface area (Å²) in [6.07, 6.45) is 0.424. The van der Waals surface area contributed by atoms with Crippen LogP contribution in [0.25, 0.3) is 0 Å². The molecule has 0 amide bonds. The molecule has 1 atom stereocenters. The van der Waals surface area contributed by atoms with Gasteiger partial charge < -0.3 is 9.47 Å². The molecule has 1 fully saturated rings. The Balaban J connectivity index is 2.50. The molecule has 0 bridgehead atoms. The summed E-state index contributed by atoms with van der Waals surface area (Å²) in [4.78, 5) is 13.2. The van der Waals surface area contributed by atoms with Crippen molar-refractivity contribution < 1.29 is 14.3 Å². The molecule has 0 N–H and O–H groups in total. The normalized spacial score (nSPS) is 22.7. The number of ether oxygens (including phenoxy) is 2. The molecule has 0 aromatic heterocycles. The van der Waals surface area contributed by atoms with Gasteiger partial charge in [-0.05, 0) is 0 Å². The molecule has 1 saturated heterocycles. The van der Waals surface area contributed by atoms with E-state index < -0.39 is 0 Å². The van der Waals surface area contributed by atoms with Gasteiger partial charge in [0, 0.05) is 19.5 Å². The first-order valence-corrected chi connectivity index (χ1v) is 4.56. The molecule has 1 heterocycles. The van der Waals surface area contributed by atoms with E-state index in [1.165, 1.54) is 7.11 Å². The molecule has 1 aliphatic heterocycles. The Morgan fingerprint density at radius 1 is 1.79 bits per heavy atom. The maximum atomic E-state index is 11.3. The molecule has 0 aromatic carbocycles. The molecule has 0 aromatic rings. The van der Waals surface area contributed by atoms with Crippen LogP contribution in [0.5, 0.6) is 0 Å². The summed E-state index contributed by atoms with van der Waals surface area (Å²) < 4.78 is 9.85. The van der Waals surface area contributed by atoms with Crippen molar-refractivity contribution in [3.05, 3.63) is 0 Å². The first-order valence-electron chi connectivity index (χ1n) is 4.56. The quantitative estimate of drug-likeness (QED) is 0.586. The van der Waals surface area contributed by atoms with Gasteiger partial charge in [0.1, 0.15) is 6.04 Å². The highest BCUT2D eigenvalue weighted by atomic mass is 16.5. The lowest BCUT2D eigenvalue weighted by molar-refractivity contribution is -0.153. The number of carbonyl (C=O) groups is 1. The maximum Gasteiger partial charge on any atom is 0.325 e. The van der Waals surface area contributed by atoms with Gasteiger partial charge in [0.2, 0.25) is 0 Å². The van der Waals surface area contributed by atoms with Crippen molar-refractivity contribution in [1.82, 2.24) is 4.90 Å². The third-order valence-corrected chi connectivity index (χ3v) is 2.22. The van der Waals surface area contributed by atoms with Crippen LogP contribution in [-0.4, -0.2) is 50.3 Å². The highest BCUT2D eigenvalue weighted by Gasteiger charge is 2.29. The van der Waals surface area contributed by atoms with Gasteiger partial charge in [-0.3, -0.25) is 9.69 Å². The fourth-order valence-electron chi connectivity index (χ4n) is 1.45. The van der Waals surface area contributed by atoms with Gasteiger partial charge in [0.05, 0.1) is 26.4 Å². The second-order valence-corrected chi connectivity index (χ2v) is 3.06. The summed E-state index contributed by atoms with van der Waals surface area (Å²) in [6, 6.07) is 1.71. The van der Waals surface area contributed by atoms with Gasteiger partial charge in [-0.1, -0.05) is 0 Å². The van der Waals surface area contributed by atoms with E-state index in [-0.39, 0.29) is 12.0 Å². The van der Waals surface area contributed by atoms with E-state index >= 15 is 0 Å². The number of nitriles is 1. The highest BCUT2D eigenvalue weighted by molar-refractivity contribution is 5.75. The Morgan fingerprint density at radius 2 is 2.57 bits per heavy atom. The molecule has 5 heteroatoms. The van der Waals surface area contributed by atoms with Gasteiger partial charge in [0.15, 0.2) is 0 Å². The van der Waals surface area contributed by atoms with Crippen LogP contribution < -0.4 is 0 Å². The summed E-state index contributed by atoms with van der Waals surface area (Å²) in [7, 11) is 1.36. The van der Waals surface area contributed by atoms with Crippen molar-refractivity contribution in [1.29, 1.82) is 5.26 Å². The molecule has 0 spiro atoms. The molecule has 0 unspecified atom stereocenters. The fourth-order valence-corrected chi connectivity index (χ4v) is 1.45. The summed E-state index contributed by atoms with van der Waals surface area (Å²) in [5.74, 6) is -0.289. The average Bonchev–Trinajstić information content (AvgIpc) is 2.25. The maximum absolute atomic E-state index is 11.3. The molecule has 1 aliphatic rings. The standard InChI is InChI=1S/C9H14N2O3/c1-13-9(12)8-7-14-6-5-11(8)4-2-3-10/h8H,2,4-7H2,1H3/t8-/m1/s1. The third kappa shape index (κ3) is 2.69. The van der Waals surface area contributed by atoms with Gasteiger partial charge in [-0.2, -0.15) is 5.26 Å². The summed E-state index contributed by atoms with van der Waals surface area (Å²) in [5.41, 5.74) is 0. The molecule has 0 radical (unpaired) electrons. The zero-order valence-corrected chi connectivity index (χ0v) is 8.23. The minimum atomic E-state index is -0.345. The van der Waals surface area contributed by atoms with E-state index in [2.05, 4.69) is 10.8 Å². The van der Waals surface area contributed by atoms with E-state index in [0.29, 0.717) is 32.7 Å². The van der Waals surface area contributed by atoms with Crippen molar-refractivity contribution in [3.8, 4) is 6.07 Å². The lowest BCUT2D eigenvalue weighted by Crippen LogP contribution is -2.50. The van der Waals surface area contributed by atoms with Crippen molar-refractivity contribution in [3.63, 3.8) is 0 Å². The van der Waals surface area contributed by atoms with Gasteiger partial charge in [-0.25, -0.2) is 0 Å². The Bertz CT molecular complexity index is 237. The zero-order chi connectivity index (χ0) is 10.4. The average molecular weight is 198 g/mol. The van der Waals surface area contributed by atoms with Crippen LogP contribution in [-0.2, 0) is 14.3 Å². The molecule has 1 rings (SSSR count). The second kappa shape index (κ2) is 5.58.